The Morgan fingerprint density at radius 3 is 2.65 bits per heavy atom. The van der Waals surface area contributed by atoms with Crippen molar-refractivity contribution in [3.8, 4) is 0 Å². The van der Waals surface area contributed by atoms with Crippen molar-refractivity contribution < 1.29 is 4.79 Å². The van der Waals surface area contributed by atoms with Crippen LogP contribution in [0.4, 0.5) is 0 Å². The molecule has 2 heterocycles. The highest BCUT2D eigenvalue weighted by Crippen LogP contribution is 2.58. The van der Waals surface area contributed by atoms with E-state index in [1.165, 1.54) is 32.4 Å². The maximum Gasteiger partial charge on any atom is 0.276 e. The Morgan fingerprint density at radius 1 is 1.11 bits per heavy atom. The van der Waals surface area contributed by atoms with E-state index in [-0.39, 0.29) is 28.5 Å². The molecule has 1 saturated carbocycles. The minimum Gasteiger partial charge on any atom is -0.290 e. The van der Waals surface area contributed by atoms with Crippen molar-refractivity contribution >= 4 is 28.2 Å². The summed E-state index contributed by atoms with van der Waals surface area (Å²) < 4.78 is 2.02. The van der Waals surface area contributed by atoms with E-state index in [1.54, 1.807) is 0 Å². The van der Waals surface area contributed by atoms with Crippen molar-refractivity contribution in [1.29, 1.82) is 0 Å². The van der Waals surface area contributed by atoms with Crippen LogP contribution in [0, 0.1) is 11.3 Å². The second-order valence-corrected chi connectivity index (χ2v) is 12.7. The molecule has 0 N–H and O–H groups in total. The van der Waals surface area contributed by atoms with E-state index in [0.717, 1.165) is 37.7 Å². The smallest absolute Gasteiger partial charge is 0.276 e. The lowest BCUT2D eigenvalue weighted by atomic mass is 9.48. The van der Waals surface area contributed by atoms with Crippen LogP contribution in [0.1, 0.15) is 92.2 Å². The van der Waals surface area contributed by atoms with E-state index in [9.17, 15) is 9.59 Å². The lowest BCUT2D eigenvalue weighted by Gasteiger charge is -2.54. The maximum atomic E-state index is 14.3. The molecule has 0 saturated heterocycles. The Balaban J connectivity index is 1.41. The zero-order chi connectivity index (χ0) is 25.9. The maximum absolute atomic E-state index is 14.3. The molecule has 0 unspecified atom stereocenters. The number of aromatic nitrogens is 3. The summed E-state index contributed by atoms with van der Waals surface area (Å²) in [6.07, 6.45) is 6.67. The lowest BCUT2D eigenvalue weighted by Crippen LogP contribution is -2.52. The van der Waals surface area contributed by atoms with Crippen molar-refractivity contribution in [1.82, 2.24) is 14.6 Å². The summed E-state index contributed by atoms with van der Waals surface area (Å²) in [6.45, 7) is 8.94. The van der Waals surface area contributed by atoms with Crippen molar-refractivity contribution in [2.75, 3.05) is 0 Å². The highest BCUT2D eigenvalue weighted by Gasteiger charge is 2.55. The lowest BCUT2D eigenvalue weighted by molar-refractivity contribution is 0.0235. The molecule has 190 valence electrons. The Labute approximate surface area is 221 Å². The number of Topliss-reactive ketones (excluding diaryl/α,β-unsaturated/α-hetero) is 1. The molecule has 2 aromatic heterocycles. The van der Waals surface area contributed by atoms with Crippen molar-refractivity contribution in [3.05, 3.63) is 91.5 Å². The van der Waals surface area contributed by atoms with Gasteiger partial charge in [0.1, 0.15) is 0 Å². The number of aryl methyl sites for hydroxylation is 1. The Kier molecular flexibility index (Phi) is 5.72. The zero-order valence-corrected chi connectivity index (χ0v) is 22.8. The van der Waals surface area contributed by atoms with Crippen LogP contribution in [0.5, 0.6) is 0 Å². The highest BCUT2D eigenvalue weighted by atomic mass is 32.1. The fourth-order valence-corrected chi connectivity index (χ4v) is 8.02. The molecule has 4 aromatic rings. The van der Waals surface area contributed by atoms with E-state index >= 15 is 0 Å². The molecule has 1 fully saturated rings. The fraction of sp³-hybridized carbons (Fsp3) is 0.419. The first-order valence-electron chi connectivity index (χ1n) is 13.4. The average molecular weight is 512 g/mol. The zero-order valence-electron chi connectivity index (χ0n) is 22.0. The summed E-state index contributed by atoms with van der Waals surface area (Å²) in [5, 5.41) is 8.54. The van der Waals surface area contributed by atoms with Crippen molar-refractivity contribution in [2.24, 2.45) is 11.3 Å². The second-order valence-electron chi connectivity index (χ2n) is 11.6. The largest absolute Gasteiger partial charge is 0.290 e. The summed E-state index contributed by atoms with van der Waals surface area (Å²) in [6, 6.07) is 16.7. The molecule has 2 aromatic carbocycles. The number of benzene rings is 2. The first kappa shape index (κ1) is 24.2. The van der Waals surface area contributed by atoms with Crippen LogP contribution in [0.25, 0.3) is 11.0 Å². The summed E-state index contributed by atoms with van der Waals surface area (Å²) in [7, 11) is 0. The third-order valence-corrected chi connectivity index (χ3v) is 10.1. The van der Waals surface area contributed by atoms with Crippen LogP contribution < -0.4 is 10.1 Å². The number of carbonyl (C=O) groups is 1. The predicted molar refractivity (Wildman–Crippen MR) is 148 cm³/mol. The van der Waals surface area contributed by atoms with Gasteiger partial charge in [-0.25, -0.2) is 4.40 Å². The van der Waals surface area contributed by atoms with E-state index < -0.39 is 5.41 Å². The number of hydrogen-bond acceptors (Lipinski definition) is 5. The number of nitrogens with zero attached hydrogens (tertiary/aromatic N) is 3. The molecule has 2 aliphatic carbocycles. The van der Waals surface area contributed by atoms with Crippen LogP contribution in [-0.2, 0) is 11.8 Å². The van der Waals surface area contributed by atoms with E-state index in [0.29, 0.717) is 15.4 Å². The van der Waals surface area contributed by atoms with Gasteiger partial charge in [0, 0.05) is 5.41 Å². The molecule has 3 atom stereocenters. The predicted octanol–water partition coefficient (Wildman–Crippen LogP) is 5.72. The number of thiazole rings is 1. The third-order valence-electron chi connectivity index (χ3n) is 9.11. The minimum absolute atomic E-state index is 0.0423. The Hall–Kier alpha value is -3.12. The number of fused-ring (bicyclic) bond motifs is 4. The molecule has 0 aliphatic heterocycles. The molecule has 2 aliphatic rings. The number of carbonyl (C=O) groups excluding carboxylic acids is 1. The van der Waals surface area contributed by atoms with Gasteiger partial charge in [-0.15, -0.1) is 10.2 Å². The summed E-state index contributed by atoms with van der Waals surface area (Å²) in [5.41, 5.74) is 4.28. The number of hydrogen-bond donors (Lipinski definition) is 0. The van der Waals surface area contributed by atoms with Crippen LogP contribution in [0.3, 0.4) is 0 Å². The molecule has 0 radical (unpaired) electrons. The second kappa shape index (κ2) is 8.73. The van der Waals surface area contributed by atoms with Crippen molar-refractivity contribution in [3.63, 3.8) is 0 Å². The Morgan fingerprint density at radius 2 is 1.89 bits per heavy atom. The van der Waals surface area contributed by atoms with E-state index in [2.05, 4.69) is 56.1 Å². The van der Waals surface area contributed by atoms with Gasteiger partial charge in [-0.05, 0) is 71.3 Å². The summed E-state index contributed by atoms with van der Waals surface area (Å²) in [5.74, 6) is 0.839. The first-order chi connectivity index (χ1) is 17.7. The molecular formula is C31H33N3O2S. The molecule has 6 heteroatoms. The monoisotopic (exact) mass is 511 g/mol. The topological polar surface area (TPSA) is 64.3 Å². The normalized spacial score (nSPS) is 25.9. The Bertz CT molecular complexity index is 1620. The van der Waals surface area contributed by atoms with Crippen LogP contribution in [-0.4, -0.2) is 20.4 Å². The van der Waals surface area contributed by atoms with Gasteiger partial charge in [0.05, 0.1) is 4.53 Å². The molecule has 0 spiro atoms. The van der Waals surface area contributed by atoms with Crippen LogP contribution in [0.15, 0.2) is 53.3 Å². The molecule has 5 nitrogen and oxygen atoms in total. The van der Waals surface area contributed by atoms with Gasteiger partial charge >= 0.3 is 0 Å². The average Bonchev–Trinajstić information content (AvgIpc) is 3.43. The van der Waals surface area contributed by atoms with E-state index in [1.807, 2.05) is 36.4 Å². The number of ketones is 1. The SMILES string of the molecule is CC(C)c1ccc2c(c1)CC[C@H]1[C@](C)(C(=O)c3nnc4s/c(=C/c5ccccc5)c(=O)n34)CCC[C@]21C. The summed E-state index contributed by atoms with van der Waals surface area (Å²) >= 11 is 1.29. The van der Waals surface area contributed by atoms with Gasteiger partial charge in [-0.3, -0.25) is 9.59 Å². The third kappa shape index (κ3) is 3.71. The quantitative estimate of drug-likeness (QED) is 0.329. The molecule has 37 heavy (non-hydrogen) atoms. The van der Waals surface area contributed by atoms with Gasteiger partial charge < -0.3 is 0 Å². The van der Waals surface area contributed by atoms with Crippen LogP contribution >= 0.6 is 11.3 Å². The molecular weight excluding hydrogens is 478 g/mol. The minimum atomic E-state index is -0.595. The molecule has 6 rings (SSSR count). The van der Waals surface area contributed by atoms with Crippen molar-refractivity contribution in [2.45, 2.75) is 71.1 Å². The fourth-order valence-electron chi connectivity index (χ4n) is 7.11. The van der Waals surface area contributed by atoms with Gasteiger partial charge in [-0.1, -0.05) is 94.0 Å². The van der Waals surface area contributed by atoms with E-state index in [4.69, 9.17) is 0 Å². The van der Waals surface area contributed by atoms with Gasteiger partial charge in [0.2, 0.25) is 16.6 Å². The molecule has 0 bridgehead atoms. The number of rotatable bonds is 4. The van der Waals surface area contributed by atoms with Gasteiger partial charge in [-0.2, -0.15) is 0 Å². The van der Waals surface area contributed by atoms with Crippen LogP contribution in [0.2, 0.25) is 0 Å². The van der Waals surface area contributed by atoms with Gasteiger partial charge in [0.15, 0.2) is 0 Å². The first-order valence-corrected chi connectivity index (χ1v) is 14.2. The highest BCUT2D eigenvalue weighted by molar-refractivity contribution is 7.15. The summed E-state index contributed by atoms with van der Waals surface area (Å²) in [4.78, 5) is 28.2. The van der Waals surface area contributed by atoms with Gasteiger partial charge in [0.25, 0.3) is 5.56 Å². The molecule has 0 amide bonds. The standard InChI is InChI=1S/C31H33N3O2S/c1-19(2)21-11-13-23-22(18-21)12-14-25-30(23,3)15-8-16-31(25,4)26(35)27-32-33-29-34(27)28(36)24(37-29)17-20-9-6-5-7-10-20/h5-7,9-11,13,17-19,25H,8,12,14-16H2,1-4H3/b24-17+/t25-,30-,31-/m1/s1.